The third kappa shape index (κ3) is 2.58. The van der Waals surface area contributed by atoms with Gasteiger partial charge in [-0.25, -0.2) is 0 Å². The molecule has 0 rings (SSSR count). The van der Waals surface area contributed by atoms with Crippen LogP contribution in [0.5, 0.6) is 0 Å². The van der Waals surface area contributed by atoms with Crippen molar-refractivity contribution in [3.63, 3.8) is 0 Å². The molecule has 0 amide bonds. The maximum absolute atomic E-state index is 4.79. The van der Waals surface area contributed by atoms with E-state index in [9.17, 15) is 0 Å². The van der Waals surface area contributed by atoms with E-state index in [2.05, 4.69) is 10.3 Å². The predicted molar refractivity (Wildman–Crippen MR) is 34.3 cm³/mol. The maximum atomic E-state index is 4.79. The van der Waals surface area contributed by atoms with E-state index in [1.54, 1.807) is 14.2 Å². The van der Waals surface area contributed by atoms with E-state index in [1.807, 2.05) is 7.05 Å². The van der Waals surface area contributed by atoms with Crippen LogP contribution in [0, 0.1) is 0 Å². The molecule has 0 radical (unpaired) electrons. The summed E-state index contributed by atoms with van der Waals surface area (Å²) in [5.41, 5.74) is 0. The summed E-state index contributed by atoms with van der Waals surface area (Å²) in [6.45, 7) is 0.562. The number of nitrogens with zero attached hydrogens (tertiary/aromatic N) is 1. The van der Waals surface area contributed by atoms with Crippen LogP contribution in [-0.2, 0) is 4.74 Å². The first-order valence-corrected chi connectivity index (χ1v) is 2.47. The van der Waals surface area contributed by atoms with Gasteiger partial charge in [0.05, 0.1) is 0 Å². The number of hydrogen-bond acceptors (Lipinski definition) is 2. The van der Waals surface area contributed by atoms with Crippen molar-refractivity contribution >= 4 is 5.84 Å². The fourth-order valence-corrected chi connectivity index (χ4v) is 0.385. The smallest absolute Gasteiger partial charge is 0.122 e. The van der Waals surface area contributed by atoms with Crippen LogP contribution in [-0.4, -0.2) is 33.6 Å². The van der Waals surface area contributed by atoms with Gasteiger partial charge in [-0.3, -0.25) is 4.99 Å². The Hall–Kier alpha value is -0.570. The monoisotopic (exact) mass is 116 g/mol. The molecule has 0 aliphatic heterocycles. The van der Waals surface area contributed by atoms with E-state index in [1.165, 1.54) is 0 Å². The van der Waals surface area contributed by atoms with Gasteiger partial charge in [-0.05, 0) is 0 Å². The molecule has 0 saturated heterocycles. The summed E-state index contributed by atoms with van der Waals surface area (Å²) < 4.78 is 4.79. The second-order valence-electron chi connectivity index (χ2n) is 1.35. The zero-order chi connectivity index (χ0) is 6.41. The highest BCUT2D eigenvalue weighted by Gasteiger charge is 1.87. The van der Waals surface area contributed by atoms with Crippen LogP contribution in [0.3, 0.4) is 0 Å². The van der Waals surface area contributed by atoms with Gasteiger partial charge < -0.3 is 10.1 Å². The Labute approximate surface area is 49.8 Å². The molecule has 0 heterocycles. The van der Waals surface area contributed by atoms with Crippen LogP contribution < -0.4 is 5.32 Å². The highest BCUT2D eigenvalue weighted by atomic mass is 16.5. The molecular formula is C5H12N2O. The molecule has 0 aliphatic rings. The van der Waals surface area contributed by atoms with Crippen LogP contribution >= 0.6 is 0 Å². The van der Waals surface area contributed by atoms with Gasteiger partial charge in [0.1, 0.15) is 12.4 Å². The van der Waals surface area contributed by atoms with Crippen molar-refractivity contribution in [2.75, 3.05) is 27.8 Å². The molecule has 0 spiro atoms. The number of ether oxygens (including phenoxy) is 1. The van der Waals surface area contributed by atoms with Gasteiger partial charge in [0.25, 0.3) is 0 Å². The first-order valence-electron chi connectivity index (χ1n) is 2.47. The van der Waals surface area contributed by atoms with E-state index >= 15 is 0 Å². The van der Waals surface area contributed by atoms with Gasteiger partial charge in [0, 0.05) is 21.2 Å². The van der Waals surface area contributed by atoms with E-state index < -0.39 is 0 Å². The second-order valence-corrected chi connectivity index (χ2v) is 1.35. The fraction of sp³-hybridized carbons (Fsp3) is 0.800. The third-order valence-corrected chi connectivity index (χ3v) is 0.840. The topological polar surface area (TPSA) is 33.6 Å². The molecule has 0 aromatic rings. The van der Waals surface area contributed by atoms with Crippen molar-refractivity contribution in [1.82, 2.24) is 5.32 Å². The first-order chi connectivity index (χ1) is 3.85. The summed E-state index contributed by atoms with van der Waals surface area (Å²) in [5.74, 6) is 0.868. The van der Waals surface area contributed by atoms with Gasteiger partial charge in [-0.15, -0.1) is 0 Å². The maximum Gasteiger partial charge on any atom is 0.122 e. The lowest BCUT2D eigenvalue weighted by Crippen LogP contribution is -2.22. The van der Waals surface area contributed by atoms with E-state index in [-0.39, 0.29) is 0 Å². The Balaban J connectivity index is 3.38. The summed E-state index contributed by atoms with van der Waals surface area (Å²) in [4.78, 5) is 3.88. The molecule has 0 aromatic carbocycles. The third-order valence-electron chi connectivity index (χ3n) is 0.840. The molecule has 3 nitrogen and oxygen atoms in total. The normalized spacial score (nSPS) is 11.6. The minimum Gasteiger partial charge on any atom is -0.377 e. The van der Waals surface area contributed by atoms with Gasteiger partial charge in [-0.2, -0.15) is 0 Å². The molecule has 3 heteroatoms. The number of rotatable bonds is 2. The molecule has 8 heavy (non-hydrogen) atoms. The lowest BCUT2D eigenvalue weighted by atomic mass is 10.6. The SMILES string of the molecule is CN=C(COC)NC. The molecule has 0 aliphatic carbocycles. The first kappa shape index (κ1) is 7.43. The highest BCUT2D eigenvalue weighted by Crippen LogP contribution is 1.69. The van der Waals surface area contributed by atoms with Crippen LogP contribution in [0.15, 0.2) is 4.99 Å². The van der Waals surface area contributed by atoms with Crippen molar-refractivity contribution in [3.8, 4) is 0 Å². The Morgan fingerprint density at radius 3 is 2.50 bits per heavy atom. The van der Waals surface area contributed by atoms with Crippen LogP contribution in [0.4, 0.5) is 0 Å². The van der Waals surface area contributed by atoms with E-state index in [0.717, 1.165) is 5.84 Å². The lowest BCUT2D eigenvalue weighted by molar-refractivity contribution is 0.243. The number of aliphatic imine (C=N–C) groups is 1. The molecule has 0 bridgehead atoms. The minimum atomic E-state index is 0.562. The average Bonchev–Trinajstić information content (AvgIpc) is 1.83. The highest BCUT2D eigenvalue weighted by molar-refractivity contribution is 5.82. The standard InChI is InChI=1S/C5H12N2O/c1-6-5(7-2)4-8-3/h4H2,1-3H3,(H,6,7). The Kier molecular flexibility index (Phi) is 4.26. The van der Waals surface area contributed by atoms with Gasteiger partial charge >= 0.3 is 0 Å². The molecule has 48 valence electrons. The largest absolute Gasteiger partial charge is 0.377 e. The number of hydrogen-bond donors (Lipinski definition) is 1. The van der Waals surface area contributed by atoms with Crippen LogP contribution in [0.25, 0.3) is 0 Å². The number of methoxy groups -OCH3 is 1. The summed E-state index contributed by atoms with van der Waals surface area (Å²) in [6.07, 6.45) is 0. The number of nitrogens with one attached hydrogen (secondary N) is 1. The zero-order valence-corrected chi connectivity index (χ0v) is 5.56. The molecule has 1 N–H and O–H groups in total. The minimum absolute atomic E-state index is 0.562. The summed E-state index contributed by atoms with van der Waals surface area (Å²) in [5, 5.41) is 2.88. The fourth-order valence-electron chi connectivity index (χ4n) is 0.385. The van der Waals surface area contributed by atoms with Gasteiger partial charge in [-0.1, -0.05) is 0 Å². The van der Waals surface area contributed by atoms with Crippen molar-refractivity contribution in [2.45, 2.75) is 0 Å². The van der Waals surface area contributed by atoms with Crippen molar-refractivity contribution in [2.24, 2.45) is 4.99 Å². The second kappa shape index (κ2) is 4.59. The molecular weight excluding hydrogens is 104 g/mol. The number of amidine groups is 1. The van der Waals surface area contributed by atoms with Gasteiger partial charge in [0.2, 0.25) is 0 Å². The number of likely N-dealkylation sites (N-methyl/N-ethyl adjacent to an activating group) is 1. The summed E-state index contributed by atoms with van der Waals surface area (Å²) in [6, 6.07) is 0. The van der Waals surface area contributed by atoms with Crippen molar-refractivity contribution in [3.05, 3.63) is 0 Å². The summed E-state index contributed by atoms with van der Waals surface area (Å²) >= 11 is 0. The Morgan fingerprint density at radius 2 is 2.38 bits per heavy atom. The predicted octanol–water partition coefficient (Wildman–Crippen LogP) is -0.120. The Bertz CT molecular complexity index is 80.5. The van der Waals surface area contributed by atoms with Gasteiger partial charge in [0.15, 0.2) is 0 Å². The van der Waals surface area contributed by atoms with Crippen LogP contribution in [0.1, 0.15) is 0 Å². The molecule has 0 atom stereocenters. The molecule has 0 fully saturated rings. The molecule has 0 saturated carbocycles. The van der Waals surface area contributed by atoms with Crippen molar-refractivity contribution < 1.29 is 4.74 Å². The zero-order valence-electron chi connectivity index (χ0n) is 5.56. The van der Waals surface area contributed by atoms with Crippen LogP contribution in [0.2, 0.25) is 0 Å². The quantitative estimate of drug-likeness (QED) is 0.403. The Morgan fingerprint density at radius 1 is 1.75 bits per heavy atom. The molecule has 0 unspecified atom stereocenters. The van der Waals surface area contributed by atoms with Crippen molar-refractivity contribution in [1.29, 1.82) is 0 Å². The average molecular weight is 116 g/mol. The van der Waals surface area contributed by atoms with E-state index in [4.69, 9.17) is 4.74 Å². The molecule has 0 aromatic heterocycles. The summed E-state index contributed by atoms with van der Waals surface area (Å²) in [7, 11) is 5.19. The van der Waals surface area contributed by atoms with E-state index in [0.29, 0.717) is 6.61 Å². The lowest BCUT2D eigenvalue weighted by Gasteiger charge is -2.00.